The fourth-order valence-corrected chi connectivity index (χ4v) is 6.80. The van der Waals surface area contributed by atoms with E-state index in [1.807, 2.05) is 24.3 Å². The molecule has 6 nitrogen and oxygen atoms in total. The lowest BCUT2D eigenvalue weighted by molar-refractivity contribution is -0.163. The molecular weight excluding hydrogens is 588 g/mol. The molecule has 0 bridgehead atoms. The lowest BCUT2D eigenvalue weighted by Gasteiger charge is -2.29. The van der Waals surface area contributed by atoms with Crippen molar-refractivity contribution in [2.24, 2.45) is 5.92 Å². The number of hydrogen-bond acceptors (Lipinski definition) is 6. The third-order valence-corrected chi connectivity index (χ3v) is 9.44. The van der Waals surface area contributed by atoms with Crippen LogP contribution in [0.15, 0.2) is 84.9 Å². The van der Waals surface area contributed by atoms with Gasteiger partial charge in [0.25, 0.3) is 0 Å². The maximum atomic E-state index is 12.4. The van der Waals surface area contributed by atoms with Crippen LogP contribution in [0.1, 0.15) is 107 Å². The molecule has 0 N–H and O–H groups in total. The Bertz CT molecular complexity index is 1380. The van der Waals surface area contributed by atoms with E-state index in [0.29, 0.717) is 5.92 Å². The second-order valence-electron chi connectivity index (χ2n) is 12.7. The molecule has 1 aliphatic heterocycles. The first-order valence-corrected chi connectivity index (χ1v) is 17.6. The van der Waals surface area contributed by atoms with E-state index in [0.717, 1.165) is 22.6 Å². The maximum absolute atomic E-state index is 12.4. The van der Waals surface area contributed by atoms with Crippen LogP contribution in [0.3, 0.4) is 0 Å². The molecule has 0 aromatic heterocycles. The van der Waals surface area contributed by atoms with Crippen molar-refractivity contribution in [1.29, 1.82) is 0 Å². The number of ether oxygens (including phenoxy) is 4. The average Bonchev–Trinajstić information content (AvgIpc) is 3.57. The van der Waals surface area contributed by atoms with Crippen LogP contribution in [0.5, 0.6) is 0 Å². The summed E-state index contributed by atoms with van der Waals surface area (Å²) >= 11 is 0. The third kappa shape index (κ3) is 9.88. The fraction of sp³-hybridized carbons (Fsp3) is 0.463. The molecule has 3 aromatic carbocycles. The zero-order chi connectivity index (χ0) is 32.8. The van der Waals surface area contributed by atoms with E-state index in [1.165, 1.54) is 75.3 Å². The summed E-state index contributed by atoms with van der Waals surface area (Å²) in [6, 6.07) is 27.4. The number of carbonyl (C=O) groups is 2. The molecule has 0 unspecified atom stereocenters. The van der Waals surface area contributed by atoms with Crippen molar-refractivity contribution in [3.05, 3.63) is 102 Å². The number of allylic oxidation sites excluding steroid dienone is 1. The van der Waals surface area contributed by atoms with Gasteiger partial charge in [0.05, 0.1) is 13.2 Å². The highest BCUT2D eigenvalue weighted by atomic mass is 16.8. The van der Waals surface area contributed by atoms with Gasteiger partial charge in [0.2, 0.25) is 0 Å². The Labute approximate surface area is 280 Å². The van der Waals surface area contributed by atoms with Crippen molar-refractivity contribution in [3.8, 4) is 11.1 Å². The molecule has 2 aliphatic rings. The van der Waals surface area contributed by atoms with Crippen LogP contribution in [0.4, 0.5) is 0 Å². The standard InChI is InChI=1S/C41H50O6/c1-3-44-39(42)37-38(40(43)45-4-2)47-41(46-37)36-28-26-35(27-29-36)34-24-22-33(23-25-34)32-20-18-31(19-21-32)17-11-8-6-5-7-10-14-30-15-12-9-13-16-30/h9-10,12-16,22-29,31-32,37-38,41H,3-8,11,17-21H2,1-2H3/t31?,32?,37-,38-/m1/s1. The molecule has 5 rings (SSSR count). The molecule has 1 saturated heterocycles. The summed E-state index contributed by atoms with van der Waals surface area (Å²) in [4.78, 5) is 24.8. The minimum atomic E-state index is -1.16. The zero-order valence-electron chi connectivity index (χ0n) is 28.0. The van der Waals surface area contributed by atoms with Crippen LogP contribution >= 0.6 is 0 Å². The third-order valence-electron chi connectivity index (χ3n) is 9.44. The first-order chi connectivity index (χ1) is 23.1. The summed E-state index contributed by atoms with van der Waals surface area (Å²) in [6.45, 7) is 3.78. The summed E-state index contributed by atoms with van der Waals surface area (Å²) in [6.07, 6.45) is 14.5. The van der Waals surface area contributed by atoms with E-state index in [2.05, 4.69) is 66.7 Å². The fourth-order valence-electron chi connectivity index (χ4n) is 6.80. The van der Waals surface area contributed by atoms with Gasteiger partial charge in [-0.3, -0.25) is 0 Å². The molecule has 6 heteroatoms. The van der Waals surface area contributed by atoms with Crippen LogP contribution in [0.2, 0.25) is 0 Å². The molecule has 47 heavy (non-hydrogen) atoms. The van der Waals surface area contributed by atoms with Gasteiger partial charge in [-0.15, -0.1) is 0 Å². The predicted octanol–water partition coefficient (Wildman–Crippen LogP) is 9.59. The molecule has 2 fully saturated rings. The summed E-state index contributed by atoms with van der Waals surface area (Å²) in [5, 5.41) is 0. The monoisotopic (exact) mass is 638 g/mol. The summed E-state index contributed by atoms with van der Waals surface area (Å²) in [5.41, 5.74) is 5.68. The largest absolute Gasteiger partial charge is 0.464 e. The minimum Gasteiger partial charge on any atom is -0.464 e. The topological polar surface area (TPSA) is 71.1 Å². The summed E-state index contributed by atoms with van der Waals surface area (Å²) in [7, 11) is 0. The van der Waals surface area contributed by atoms with Gasteiger partial charge in [0.1, 0.15) is 0 Å². The number of rotatable bonds is 15. The Kier molecular flexibility index (Phi) is 13.2. The van der Waals surface area contributed by atoms with E-state index in [1.54, 1.807) is 13.8 Å². The van der Waals surface area contributed by atoms with E-state index in [4.69, 9.17) is 18.9 Å². The van der Waals surface area contributed by atoms with E-state index >= 15 is 0 Å². The Morgan fingerprint density at radius 3 is 1.81 bits per heavy atom. The lowest BCUT2D eigenvalue weighted by Crippen LogP contribution is -2.39. The molecule has 3 aromatic rings. The van der Waals surface area contributed by atoms with Gasteiger partial charge >= 0.3 is 11.9 Å². The number of benzene rings is 3. The molecule has 1 saturated carbocycles. The maximum Gasteiger partial charge on any atom is 0.338 e. The number of hydrogen-bond donors (Lipinski definition) is 0. The van der Waals surface area contributed by atoms with Crippen LogP contribution in [0.25, 0.3) is 17.2 Å². The van der Waals surface area contributed by atoms with Crippen molar-refractivity contribution in [1.82, 2.24) is 0 Å². The van der Waals surface area contributed by atoms with E-state index < -0.39 is 30.4 Å². The Morgan fingerprint density at radius 2 is 1.23 bits per heavy atom. The lowest BCUT2D eigenvalue weighted by atomic mass is 9.77. The van der Waals surface area contributed by atoms with Gasteiger partial charge in [-0.25, -0.2) is 9.59 Å². The molecule has 1 aliphatic carbocycles. The molecule has 250 valence electrons. The molecule has 0 spiro atoms. The van der Waals surface area contributed by atoms with Gasteiger partial charge in [-0.05, 0) is 86.5 Å². The second-order valence-corrected chi connectivity index (χ2v) is 12.7. The first kappa shape index (κ1) is 34.6. The van der Waals surface area contributed by atoms with Crippen LogP contribution in [0, 0.1) is 5.92 Å². The second kappa shape index (κ2) is 18.0. The van der Waals surface area contributed by atoms with Crippen molar-refractivity contribution in [3.63, 3.8) is 0 Å². The van der Waals surface area contributed by atoms with Crippen molar-refractivity contribution < 1.29 is 28.5 Å². The van der Waals surface area contributed by atoms with Crippen LogP contribution in [-0.2, 0) is 28.5 Å². The van der Waals surface area contributed by atoms with Gasteiger partial charge in [0, 0.05) is 5.56 Å². The van der Waals surface area contributed by atoms with Crippen molar-refractivity contribution >= 4 is 18.0 Å². The van der Waals surface area contributed by atoms with Gasteiger partial charge in [-0.1, -0.05) is 117 Å². The quantitative estimate of drug-likeness (QED) is 0.122. The van der Waals surface area contributed by atoms with Crippen molar-refractivity contribution in [2.75, 3.05) is 13.2 Å². The molecule has 0 radical (unpaired) electrons. The number of esters is 2. The highest BCUT2D eigenvalue weighted by molar-refractivity contribution is 5.86. The Morgan fingerprint density at radius 1 is 0.681 bits per heavy atom. The van der Waals surface area contributed by atoms with Crippen LogP contribution in [-0.4, -0.2) is 37.4 Å². The number of unbranched alkanes of at least 4 members (excludes halogenated alkanes) is 4. The Hall–Kier alpha value is -3.74. The van der Waals surface area contributed by atoms with Crippen LogP contribution < -0.4 is 0 Å². The summed E-state index contributed by atoms with van der Waals surface area (Å²) < 4.78 is 21.9. The molecule has 2 atom stereocenters. The highest BCUT2D eigenvalue weighted by Gasteiger charge is 2.47. The van der Waals surface area contributed by atoms with Gasteiger partial charge in [0.15, 0.2) is 18.5 Å². The zero-order valence-corrected chi connectivity index (χ0v) is 28.0. The van der Waals surface area contributed by atoms with Gasteiger partial charge < -0.3 is 18.9 Å². The minimum absolute atomic E-state index is 0.183. The molecule has 1 heterocycles. The van der Waals surface area contributed by atoms with Crippen molar-refractivity contribution in [2.45, 2.75) is 102 Å². The smallest absolute Gasteiger partial charge is 0.338 e. The Balaban J connectivity index is 1.04. The highest BCUT2D eigenvalue weighted by Crippen LogP contribution is 2.39. The molecular formula is C41H50O6. The predicted molar refractivity (Wildman–Crippen MR) is 186 cm³/mol. The first-order valence-electron chi connectivity index (χ1n) is 17.6. The number of carbonyl (C=O) groups excluding carboxylic acids is 2. The van der Waals surface area contributed by atoms with E-state index in [-0.39, 0.29) is 13.2 Å². The van der Waals surface area contributed by atoms with E-state index in [9.17, 15) is 9.59 Å². The van der Waals surface area contributed by atoms with Gasteiger partial charge in [-0.2, -0.15) is 0 Å². The average molecular weight is 639 g/mol. The normalized spacial score (nSPS) is 21.6. The molecule has 0 amide bonds. The SMILES string of the molecule is CCOC(=O)[C@@H]1OC(c2ccc(-c3ccc(C4CCC(CCCCCCC=Cc5ccccc5)CC4)cc3)cc2)O[C@H]1C(=O)OCC. The summed E-state index contributed by atoms with van der Waals surface area (Å²) in [5.74, 6) is 0.269.